The Hall–Kier alpha value is -2.26. The van der Waals surface area contributed by atoms with Gasteiger partial charge in [0.05, 0.1) is 27.9 Å². The van der Waals surface area contributed by atoms with Gasteiger partial charge >= 0.3 is 0 Å². The van der Waals surface area contributed by atoms with Gasteiger partial charge in [-0.3, -0.25) is 9.59 Å². The minimum absolute atomic E-state index is 0.0613. The number of aliphatic hydroxyl groups excluding tert-OH is 1. The van der Waals surface area contributed by atoms with Crippen molar-refractivity contribution in [1.29, 1.82) is 0 Å². The molecule has 2 fully saturated rings. The van der Waals surface area contributed by atoms with Crippen LogP contribution in [0.25, 0.3) is 0 Å². The minimum atomic E-state index is -1.53. The Morgan fingerprint density at radius 2 is 1.81 bits per heavy atom. The maximum atomic E-state index is 15.7. The molecule has 4 N–H and O–H groups in total. The second kappa shape index (κ2) is 9.19. The van der Waals surface area contributed by atoms with Crippen LogP contribution in [0.2, 0.25) is 10.0 Å². The lowest BCUT2D eigenvalue weighted by Gasteiger charge is -2.38. The molecule has 0 aromatic heterocycles. The standard InChI is InChI=1S/C27H29Cl2F2N3O3/c1-26(2,3)11-18-27(15-7-8-17(29)21(31)22(15)34-25(27)37)19(14-5-4-6-16(28)20(14)30)23(33-18)24(36)32-12-9-13(35)10-12/h4-8,12-13,18-19,23,33,35H,9-11H2,1-3H3,(H,32,36)(H,34,37). The van der Waals surface area contributed by atoms with Gasteiger partial charge in [-0.25, -0.2) is 8.78 Å². The van der Waals surface area contributed by atoms with Gasteiger partial charge in [0.25, 0.3) is 0 Å². The molecule has 0 radical (unpaired) electrons. The first kappa shape index (κ1) is 26.4. The summed E-state index contributed by atoms with van der Waals surface area (Å²) < 4.78 is 30.9. The first-order valence-electron chi connectivity index (χ1n) is 12.3. The summed E-state index contributed by atoms with van der Waals surface area (Å²) in [7, 11) is 0. The maximum absolute atomic E-state index is 15.7. The van der Waals surface area contributed by atoms with Crippen LogP contribution in [0, 0.1) is 17.0 Å². The fourth-order valence-electron chi connectivity index (χ4n) is 6.18. The summed E-state index contributed by atoms with van der Waals surface area (Å²) in [6.07, 6.45) is 0.772. The molecular formula is C27H29Cl2F2N3O3. The van der Waals surface area contributed by atoms with Crippen LogP contribution in [0.4, 0.5) is 14.5 Å². The molecule has 2 heterocycles. The Bertz CT molecular complexity index is 1280. The predicted molar refractivity (Wildman–Crippen MR) is 138 cm³/mol. The van der Waals surface area contributed by atoms with E-state index in [4.69, 9.17) is 23.2 Å². The molecule has 3 aliphatic rings. The summed E-state index contributed by atoms with van der Waals surface area (Å²) in [4.78, 5) is 27.7. The number of amides is 2. The molecule has 1 saturated heterocycles. The summed E-state index contributed by atoms with van der Waals surface area (Å²) in [6.45, 7) is 5.99. The van der Waals surface area contributed by atoms with Crippen molar-refractivity contribution in [1.82, 2.24) is 10.6 Å². The molecule has 4 unspecified atom stereocenters. The SMILES string of the molecule is CC(C)(C)CC1NC(C(=O)NC2CC(O)C2)C(c2cccc(Cl)c2F)C12C(=O)Nc1c2ccc(Cl)c1F. The normalized spacial score (nSPS) is 30.7. The number of fused-ring (bicyclic) bond motifs is 2. The van der Waals surface area contributed by atoms with Gasteiger partial charge < -0.3 is 21.1 Å². The van der Waals surface area contributed by atoms with Crippen LogP contribution < -0.4 is 16.0 Å². The van der Waals surface area contributed by atoms with Crippen molar-refractivity contribution < 1.29 is 23.5 Å². The van der Waals surface area contributed by atoms with Crippen LogP contribution >= 0.6 is 23.2 Å². The third kappa shape index (κ3) is 4.22. The van der Waals surface area contributed by atoms with Gasteiger partial charge in [-0.15, -0.1) is 0 Å². The lowest BCUT2D eigenvalue weighted by Crippen LogP contribution is -2.53. The number of aliphatic hydroxyl groups is 1. The largest absolute Gasteiger partial charge is 0.393 e. The number of anilines is 1. The molecule has 2 aromatic carbocycles. The van der Waals surface area contributed by atoms with E-state index < -0.39 is 53.0 Å². The van der Waals surface area contributed by atoms with E-state index in [0.29, 0.717) is 24.8 Å². The number of halogens is 4. The van der Waals surface area contributed by atoms with Crippen molar-refractivity contribution in [2.45, 2.75) is 75.6 Å². The molecule has 2 amide bonds. The second-order valence-corrected chi connectivity index (χ2v) is 12.3. The number of hydrogen-bond donors (Lipinski definition) is 4. The third-order valence-electron chi connectivity index (χ3n) is 7.78. The average Bonchev–Trinajstić information content (AvgIpc) is 3.27. The highest BCUT2D eigenvalue weighted by Crippen LogP contribution is 2.57. The van der Waals surface area contributed by atoms with E-state index in [2.05, 4.69) is 16.0 Å². The maximum Gasteiger partial charge on any atom is 0.238 e. The molecular weight excluding hydrogens is 523 g/mol. The van der Waals surface area contributed by atoms with Crippen LogP contribution in [0.3, 0.4) is 0 Å². The Balaban J connectivity index is 1.73. The van der Waals surface area contributed by atoms with E-state index in [9.17, 15) is 14.7 Å². The molecule has 5 rings (SSSR count). The van der Waals surface area contributed by atoms with Gasteiger partial charge in [-0.05, 0) is 47.9 Å². The lowest BCUT2D eigenvalue weighted by molar-refractivity contribution is -0.125. The number of benzene rings is 2. The predicted octanol–water partition coefficient (Wildman–Crippen LogP) is 4.66. The Kier molecular flexibility index (Phi) is 6.54. The first-order chi connectivity index (χ1) is 17.3. The molecule has 2 aliphatic heterocycles. The Labute approximate surface area is 224 Å². The monoisotopic (exact) mass is 551 g/mol. The van der Waals surface area contributed by atoms with E-state index in [1.165, 1.54) is 18.2 Å². The summed E-state index contributed by atoms with van der Waals surface area (Å²) in [6, 6.07) is 5.52. The second-order valence-electron chi connectivity index (χ2n) is 11.5. The molecule has 2 aromatic rings. The summed E-state index contributed by atoms with van der Waals surface area (Å²) in [5.74, 6) is -3.53. The zero-order valence-electron chi connectivity index (χ0n) is 20.7. The van der Waals surface area contributed by atoms with Gasteiger partial charge in [0.2, 0.25) is 11.8 Å². The van der Waals surface area contributed by atoms with E-state index in [0.717, 1.165) is 0 Å². The topological polar surface area (TPSA) is 90.5 Å². The van der Waals surface area contributed by atoms with Crippen LogP contribution in [-0.2, 0) is 15.0 Å². The molecule has 6 nitrogen and oxygen atoms in total. The van der Waals surface area contributed by atoms with Gasteiger partial charge in [0.1, 0.15) is 11.2 Å². The van der Waals surface area contributed by atoms with Crippen molar-refractivity contribution in [2.75, 3.05) is 5.32 Å². The lowest BCUT2D eigenvalue weighted by atomic mass is 9.62. The summed E-state index contributed by atoms with van der Waals surface area (Å²) in [5.41, 5.74) is -1.49. The van der Waals surface area contributed by atoms with Crippen molar-refractivity contribution in [3.8, 4) is 0 Å². The first-order valence-corrected chi connectivity index (χ1v) is 13.1. The average molecular weight is 552 g/mol. The fraction of sp³-hybridized carbons (Fsp3) is 0.481. The van der Waals surface area contributed by atoms with Crippen LogP contribution in [-0.4, -0.2) is 41.2 Å². The van der Waals surface area contributed by atoms with E-state index in [-0.39, 0.29) is 32.8 Å². The minimum Gasteiger partial charge on any atom is -0.393 e. The third-order valence-corrected chi connectivity index (χ3v) is 8.37. The molecule has 4 atom stereocenters. The zero-order chi connectivity index (χ0) is 26.9. The summed E-state index contributed by atoms with van der Waals surface area (Å²) >= 11 is 12.2. The number of nitrogens with one attached hydrogen (secondary N) is 3. The van der Waals surface area contributed by atoms with Crippen LogP contribution in [0.15, 0.2) is 30.3 Å². The molecule has 37 heavy (non-hydrogen) atoms. The molecule has 198 valence electrons. The molecule has 1 spiro atoms. The molecule has 10 heteroatoms. The smallest absolute Gasteiger partial charge is 0.238 e. The van der Waals surface area contributed by atoms with E-state index in [1.54, 1.807) is 12.1 Å². The number of carbonyl (C=O) groups is 2. The van der Waals surface area contributed by atoms with Crippen molar-refractivity contribution in [2.24, 2.45) is 5.41 Å². The van der Waals surface area contributed by atoms with Crippen molar-refractivity contribution in [3.63, 3.8) is 0 Å². The highest BCUT2D eigenvalue weighted by molar-refractivity contribution is 6.31. The van der Waals surface area contributed by atoms with Gasteiger partial charge in [-0.2, -0.15) is 0 Å². The van der Waals surface area contributed by atoms with Crippen LogP contribution in [0.1, 0.15) is 57.1 Å². The van der Waals surface area contributed by atoms with Crippen molar-refractivity contribution in [3.05, 3.63) is 63.1 Å². The quantitative estimate of drug-likeness (QED) is 0.444. The summed E-state index contributed by atoms with van der Waals surface area (Å²) in [5, 5.41) is 18.3. The van der Waals surface area contributed by atoms with Gasteiger partial charge in [0.15, 0.2) is 5.82 Å². The van der Waals surface area contributed by atoms with Crippen molar-refractivity contribution >= 4 is 40.7 Å². The molecule has 1 saturated carbocycles. The molecule has 1 aliphatic carbocycles. The highest BCUT2D eigenvalue weighted by Gasteiger charge is 2.66. The highest BCUT2D eigenvalue weighted by atomic mass is 35.5. The number of carbonyl (C=O) groups excluding carboxylic acids is 2. The van der Waals surface area contributed by atoms with E-state index >= 15 is 8.78 Å². The Morgan fingerprint density at radius 1 is 1.14 bits per heavy atom. The van der Waals surface area contributed by atoms with Crippen LogP contribution in [0.5, 0.6) is 0 Å². The van der Waals surface area contributed by atoms with E-state index in [1.807, 2.05) is 20.8 Å². The van der Waals surface area contributed by atoms with Gasteiger partial charge in [0, 0.05) is 18.0 Å². The fourth-order valence-corrected chi connectivity index (χ4v) is 6.52. The number of rotatable bonds is 4. The Morgan fingerprint density at radius 3 is 2.46 bits per heavy atom. The number of hydrogen-bond acceptors (Lipinski definition) is 4. The molecule has 0 bridgehead atoms. The zero-order valence-corrected chi connectivity index (χ0v) is 22.2. The van der Waals surface area contributed by atoms with Gasteiger partial charge in [-0.1, -0.05) is 62.2 Å².